The van der Waals surface area contributed by atoms with E-state index in [2.05, 4.69) is 0 Å². The van der Waals surface area contributed by atoms with E-state index in [4.69, 9.17) is 0 Å². The zero-order valence-corrected chi connectivity index (χ0v) is 24.8. The predicted octanol–water partition coefficient (Wildman–Crippen LogP) is 12.0. The average Bonchev–Trinajstić information content (AvgIpc) is 2.94. The molecule has 0 aliphatic rings. The highest BCUT2D eigenvalue weighted by atomic mass is 32.2. The van der Waals surface area contributed by atoms with Gasteiger partial charge in [0.15, 0.2) is 0 Å². The SMILES string of the molecule is Fc1ccc(C(CC(F)(F)F)(c2ccc(Sc3ccc(C(CC(F)(F)F)(c4ccc(F)cc4)C(F)(F)F)c(F)c3)cc2F)C(F)(F)F)cc1. The summed E-state index contributed by atoms with van der Waals surface area (Å²) in [4.78, 5) is -0.794. The van der Waals surface area contributed by atoms with Gasteiger partial charge in [0.2, 0.25) is 0 Å². The summed E-state index contributed by atoms with van der Waals surface area (Å²) in [5.41, 5.74) is -13.5. The molecule has 4 rings (SSSR count). The lowest BCUT2D eigenvalue weighted by atomic mass is 9.71. The Balaban J connectivity index is 1.81. The second-order valence-electron chi connectivity index (χ2n) is 10.8. The normalized spacial score (nSPS) is 15.5. The van der Waals surface area contributed by atoms with Gasteiger partial charge in [0.1, 0.15) is 34.1 Å². The van der Waals surface area contributed by atoms with Crippen molar-refractivity contribution in [1.82, 2.24) is 0 Å². The minimum atomic E-state index is -5.80. The maximum Gasteiger partial charge on any atom is 0.402 e. The molecule has 2 unspecified atom stereocenters. The fourth-order valence-electron chi connectivity index (χ4n) is 5.56. The van der Waals surface area contributed by atoms with Crippen molar-refractivity contribution < 1.29 is 70.2 Å². The van der Waals surface area contributed by atoms with Gasteiger partial charge in [-0.25, -0.2) is 17.6 Å². The smallest absolute Gasteiger partial charge is 0.207 e. The van der Waals surface area contributed by atoms with E-state index >= 15 is 8.78 Å². The molecule has 0 N–H and O–H groups in total. The molecule has 17 heteroatoms. The monoisotopic (exact) mass is 738 g/mol. The molecule has 0 amide bonds. The number of alkyl halides is 12. The summed E-state index contributed by atoms with van der Waals surface area (Å²) in [6.07, 6.45) is -28.0. The molecule has 49 heavy (non-hydrogen) atoms. The Kier molecular flexibility index (Phi) is 10.1. The maximum absolute atomic E-state index is 15.4. The van der Waals surface area contributed by atoms with Crippen LogP contribution >= 0.6 is 11.8 Å². The van der Waals surface area contributed by atoms with E-state index in [0.717, 1.165) is 0 Å². The zero-order chi connectivity index (χ0) is 36.8. The molecule has 0 bridgehead atoms. The minimum Gasteiger partial charge on any atom is -0.207 e. The van der Waals surface area contributed by atoms with Crippen molar-refractivity contribution in [3.05, 3.63) is 130 Å². The summed E-state index contributed by atoms with van der Waals surface area (Å²) in [6.45, 7) is 0. The predicted molar refractivity (Wildman–Crippen MR) is 145 cm³/mol. The first-order valence-electron chi connectivity index (χ1n) is 13.5. The second kappa shape index (κ2) is 13.1. The van der Waals surface area contributed by atoms with Crippen molar-refractivity contribution in [2.24, 2.45) is 0 Å². The fourth-order valence-corrected chi connectivity index (χ4v) is 6.42. The molecule has 0 heterocycles. The number of hydrogen-bond acceptors (Lipinski definition) is 1. The lowest BCUT2D eigenvalue weighted by molar-refractivity contribution is -0.222. The molecule has 0 aliphatic heterocycles. The van der Waals surface area contributed by atoms with Crippen molar-refractivity contribution in [2.75, 3.05) is 0 Å². The van der Waals surface area contributed by atoms with E-state index in [1.54, 1.807) is 0 Å². The van der Waals surface area contributed by atoms with E-state index in [1.807, 2.05) is 0 Å². The van der Waals surface area contributed by atoms with Crippen LogP contribution in [0.3, 0.4) is 0 Å². The third-order valence-corrected chi connectivity index (χ3v) is 8.59. The van der Waals surface area contributed by atoms with Gasteiger partial charge in [0, 0.05) is 20.9 Å². The molecule has 2 atom stereocenters. The highest BCUT2D eigenvalue weighted by Crippen LogP contribution is 2.55. The third-order valence-electron chi connectivity index (χ3n) is 7.61. The first kappa shape index (κ1) is 37.9. The molecule has 0 fully saturated rings. The molecule has 4 aromatic rings. The minimum absolute atomic E-state index is 0.305. The van der Waals surface area contributed by atoms with Crippen LogP contribution in [0, 0.1) is 23.3 Å². The molecule has 0 saturated carbocycles. The molecule has 0 saturated heterocycles. The summed E-state index contributed by atoms with van der Waals surface area (Å²) in [5, 5.41) is 0. The van der Waals surface area contributed by atoms with E-state index in [-0.39, 0.29) is 0 Å². The van der Waals surface area contributed by atoms with Crippen molar-refractivity contribution in [1.29, 1.82) is 0 Å². The number of rotatable bonds is 8. The standard InChI is InChI=1S/C32H18F16S/c33-19-5-1-17(2-6-19)27(31(43,44)45,15-29(37,38)39)23-11-9-21(13-25(23)35)49-22-10-12-24(26(36)14-22)28(32(46,47)48,16-30(40,41)42)18-3-7-20(34)8-4-18/h1-14H,15-16H2. The molecule has 0 nitrogen and oxygen atoms in total. The maximum atomic E-state index is 15.4. The highest BCUT2D eigenvalue weighted by Gasteiger charge is 2.63. The van der Waals surface area contributed by atoms with Gasteiger partial charge in [-0.2, -0.15) is 52.7 Å². The Labute approximate surface area is 270 Å². The quantitative estimate of drug-likeness (QED) is 0.162. The Morgan fingerprint density at radius 1 is 0.408 bits per heavy atom. The third kappa shape index (κ3) is 7.80. The lowest BCUT2D eigenvalue weighted by Crippen LogP contribution is -2.47. The van der Waals surface area contributed by atoms with E-state index < -0.39 is 104 Å². The first-order chi connectivity index (χ1) is 22.4. The van der Waals surface area contributed by atoms with Gasteiger partial charge in [0.25, 0.3) is 0 Å². The van der Waals surface area contributed by atoms with Crippen LogP contribution in [0.15, 0.2) is 94.7 Å². The van der Waals surface area contributed by atoms with Crippen LogP contribution < -0.4 is 0 Å². The summed E-state index contributed by atoms with van der Waals surface area (Å²) < 4.78 is 227. The van der Waals surface area contributed by atoms with Gasteiger partial charge >= 0.3 is 24.7 Å². The summed E-state index contributed by atoms with van der Waals surface area (Å²) in [7, 11) is 0. The van der Waals surface area contributed by atoms with Crippen LogP contribution in [0.25, 0.3) is 0 Å². The van der Waals surface area contributed by atoms with Crippen LogP contribution in [-0.4, -0.2) is 24.7 Å². The molecule has 0 radical (unpaired) electrons. The van der Waals surface area contributed by atoms with Gasteiger partial charge in [-0.3, -0.25) is 0 Å². The van der Waals surface area contributed by atoms with Crippen molar-refractivity contribution in [2.45, 2.75) is 58.2 Å². The molecule has 0 spiro atoms. The van der Waals surface area contributed by atoms with Gasteiger partial charge in [-0.15, -0.1) is 0 Å². The van der Waals surface area contributed by atoms with Gasteiger partial charge in [-0.05, 0) is 59.7 Å². The average molecular weight is 739 g/mol. The fraction of sp³-hybridized carbons (Fsp3) is 0.250. The van der Waals surface area contributed by atoms with Gasteiger partial charge in [-0.1, -0.05) is 48.2 Å². The van der Waals surface area contributed by atoms with E-state index in [9.17, 15) is 61.5 Å². The van der Waals surface area contributed by atoms with E-state index in [0.29, 0.717) is 96.7 Å². The van der Waals surface area contributed by atoms with Crippen molar-refractivity contribution >= 4 is 11.8 Å². The summed E-state index contributed by atoms with van der Waals surface area (Å²) in [5.74, 6) is -5.88. The molecule has 4 aromatic carbocycles. The zero-order valence-electron chi connectivity index (χ0n) is 24.0. The molecule has 264 valence electrons. The molecular weight excluding hydrogens is 720 g/mol. The van der Waals surface area contributed by atoms with Crippen LogP contribution in [0.4, 0.5) is 70.2 Å². The van der Waals surface area contributed by atoms with Crippen LogP contribution in [0.2, 0.25) is 0 Å². The van der Waals surface area contributed by atoms with Crippen LogP contribution in [-0.2, 0) is 10.8 Å². The Morgan fingerprint density at radius 2 is 0.714 bits per heavy atom. The Morgan fingerprint density at radius 3 is 0.959 bits per heavy atom. The van der Waals surface area contributed by atoms with Crippen LogP contribution in [0.5, 0.6) is 0 Å². The largest absolute Gasteiger partial charge is 0.402 e. The summed E-state index contributed by atoms with van der Waals surface area (Å²) in [6, 6.07) is 6.25. The lowest BCUT2D eigenvalue weighted by Gasteiger charge is -2.38. The van der Waals surface area contributed by atoms with Gasteiger partial charge in [0.05, 0.1) is 12.8 Å². The molecule has 0 aromatic heterocycles. The van der Waals surface area contributed by atoms with Gasteiger partial charge < -0.3 is 0 Å². The number of benzene rings is 4. The highest BCUT2D eigenvalue weighted by molar-refractivity contribution is 7.99. The van der Waals surface area contributed by atoms with Crippen LogP contribution in [0.1, 0.15) is 35.1 Å². The topological polar surface area (TPSA) is 0 Å². The number of halogens is 16. The first-order valence-corrected chi connectivity index (χ1v) is 14.3. The Bertz CT molecular complexity index is 1640. The molecule has 0 aliphatic carbocycles. The van der Waals surface area contributed by atoms with Crippen molar-refractivity contribution in [3.8, 4) is 0 Å². The van der Waals surface area contributed by atoms with Crippen molar-refractivity contribution in [3.63, 3.8) is 0 Å². The number of hydrogen-bond donors (Lipinski definition) is 0. The molecular formula is C32H18F16S. The van der Waals surface area contributed by atoms with E-state index in [1.165, 1.54) is 0 Å². The Hall–Kier alpha value is -3.89. The summed E-state index contributed by atoms with van der Waals surface area (Å²) >= 11 is 0.305. The second-order valence-corrected chi connectivity index (χ2v) is 11.9.